The summed E-state index contributed by atoms with van der Waals surface area (Å²) in [7, 11) is -2.91. The first kappa shape index (κ1) is 36.6. The predicted molar refractivity (Wildman–Crippen MR) is 189 cm³/mol. The molecule has 278 valence electrons. The summed E-state index contributed by atoms with van der Waals surface area (Å²) in [6, 6.07) is 2.00. The summed E-state index contributed by atoms with van der Waals surface area (Å²) in [5.74, 6) is 1.29. The number of rotatable bonds is 5. The number of fused-ring (bicyclic) bond motifs is 3. The molecular formula is C36H49FN6O7S. The van der Waals surface area contributed by atoms with Gasteiger partial charge in [-0.15, -0.1) is 0 Å². The van der Waals surface area contributed by atoms with E-state index in [-0.39, 0.29) is 43.6 Å². The number of halogens is 1. The van der Waals surface area contributed by atoms with Gasteiger partial charge < -0.3 is 25.6 Å². The Morgan fingerprint density at radius 2 is 1.86 bits per heavy atom. The lowest BCUT2D eigenvalue weighted by Gasteiger charge is -2.30. The molecule has 2 saturated carbocycles. The number of allylic oxidation sites excluding steroid dienone is 1. The molecule has 6 atom stereocenters. The number of hydrogen-bond acceptors (Lipinski definition) is 7. The molecule has 0 aromatic heterocycles. The molecule has 3 heterocycles. The molecule has 3 fully saturated rings. The first-order chi connectivity index (χ1) is 24.1. The molecule has 2 unspecified atom stereocenters. The minimum absolute atomic E-state index is 0.0257. The van der Waals surface area contributed by atoms with Crippen molar-refractivity contribution in [1.29, 1.82) is 0 Å². The zero-order chi connectivity index (χ0) is 36.7. The molecule has 15 heteroatoms. The Balaban J connectivity index is 1.25. The van der Waals surface area contributed by atoms with Gasteiger partial charge in [0.25, 0.3) is 5.91 Å². The number of urea groups is 1. The molecular weight excluding hydrogens is 679 g/mol. The summed E-state index contributed by atoms with van der Waals surface area (Å²) in [6.07, 6.45) is 7.15. The SMILES string of the molecule is C=S(=O)(NC(=O)[C@@]12C[C@@H]1/C=C\CCCCC[C@H](NC(=O)NC(C)(C)C)C(=O)N1C[C@H](OC(=O)N3Cc4cccc(F)c4C3)CC1C(=O)N2)C1CC1. The maximum absolute atomic E-state index is 14.4. The summed E-state index contributed by atoms with van der Waals surface area (Å²) in [6.45, 7) is 5.51. The number of carbonyl (C=O) groups excluding carboxylic acids is 5. The van der Waals surface area contributed by atoms with Crippen molar-refractivity contribution in [3.05, 3.63) is 47.3 Å². The molecule has 2 aliphatic carbocycles. The largest absolute Gasteiger partial charge is 0.444 e. The number of carbonyl (C=O) groups is 5. The first-order valence-electron chi connectivity index (χ1n) is 17.8. The van der Waals surface area contributed by atoms with Crippen molar-refractivity contribution in [2.24, 2.45) is 5.92 Å². The van der Waals surface area contributed by atoms with E-state index >= 15 is 0 Å². The fourth-order valence-electron chi connectivity index (χ4n) is 7.21. The number of ether oxygens (including phenoxy) is 1. The Kier molecular flexibility index (Phi) is 10.1. The van der Waals surface area contributed by atoms with Crippen LogP contribution >= 0.6 is 0 Å². The molecule has 0 radical (unpaired) electrons. The molecule has 3 aliphatic heterocycles. The van der Waals surface area contributed by atoms with Crippen molar-refractivity contribution in [2.45, 2.75) is 126 Å². The van der Waals surface area contributed by atoms with Crippen LogP contribution in [0.5, 0.6) is 0 Å². The number of nitrogens with one attached hydrogen (secondary N) is 4. The summed E-state index contributed by atoms with van der Waals surface area (Å²) >= 11 is 0. The predicted octanol–water partition coefficient (Wildman–Crippen LogP) is 3.02. The van der Waals surface area contributed by atoms with E-state index in [4.69, 9.17) is 4.74 Å². The Labute approximate surface area is 298 Å². The van der Waals surface area contributed by atoms with Gasteiger partial charge in [-0.05, 0) is 76.8 Å². The summed E-state index contributed by atoms with van der Waals surface area (Å²) in [5, 5.41) is 8.32. The van der Waals surface area contributed by atoms with Crippen LogP contribution in [0.3, 0.4) is 0 Å². The average molecular weight is 729 g/mol. The van der Waals surface area contributed by atoms with E-state index in [0.29, 0.717) is 36.8 Å². The highest BCUT2D eigenvalue weighted by atomic mass is 32.2. The Morgan fingerprint density at radius 3 is 2.57 bits per heavy atom. The van der Waals surface area contributed by atoms with E-state index in [1.807, 2.05) is 32.9 Å². The first-order valence-corrected chi connectivity index (χ1v) is 19.6. The topological polar surface area (TPSA) is 166 Å². The van der Waals surface area contributed by atoms with Gasteiger partial charge in [0.15, 0.2) is 0 Å². The van der Waals surface area contributed by atoms with Gasteiger partial charge in [-0.1, -0.05) is 37.1 Å². The second kappa shape index (κ2) is 14.1. The lowest BCUT2D eigenvalue weighted by molar-refractivity contribution is -0.141. The monoisotopic (exact) mass is 728 g/mol. The number of amides is 6. The molecule has 6 amide bonds. The van der Waals surface area contributed by atoms with Gasteiger partial charge >= 0.3 is 12.1 Å². The van der Waals surface area contributed by atoms with Crippen LogP contribution in [0.4, 0.5) is 14.0 Å². The third kappa shape index (κ3) is 8.34. The molecule has 1 aromatic carbocycles. The standard InChI is InChI=1S/C36H49FN6O7S/c1-35(2,3)40-33(47)38-28-14-9-7-5-6-8-12-23-18-36(23,32(46)41-51(4,49)25-15-16-25)39-30(44)29-17-24(20-43(29)31(28)45)50-34(48)42-19-22-11-10-13-27(37)26(22)21-42/h8,10-13,23-25,28-29H,4-7,9,14-21H2,1-3H3,(H,39,44)(H2,38,40,47)(H,41,46,49)/b12-8-/t23-,24+,28-,29?,36+,51?/m0/s1. The smallest absolute Gasteiger partial charge is 0.410 e. The van der Waals surface area contributed by atoms with Gasteiger partial charge in [-0.3, -0.25) is 24.0 Å². The lowest BCUT2D eigenvalue weighted by atomic mass is 10.0. The quantitative estimate of drug-likeness (QED) is 0.267. The van der Waals surface area contributed by atoms with Crippen LogP contribution in [0, 0.1) is 11.7 Å². The minimum Gasteiger partial charge on any atom is -0.444 e. The van der Waals surface area contributed by atoms with Gasteiger partial charge in [0.1, 0.15) is 29.5 Å². The summed E-state index contributed by atoms with van der Waals surface area (Å²) in [4.78, 5) is 71.4. The van der Waals surface area contributed by atoms with Crippen molar-refractivity contribution < 1.29 is 37.3 Å². The summed E-state index contributed by atoms with van der Waals surface area (Å²) < 4.78 is 36.1. The van der Waals surface area contributed by atoms with Crippen LogP contribution in [0.1, 0.15) is 89.7 Å². The second-order valence-electron chi connectivity index (χ2n) is 15.6. The van der Waals surface area contributed by atoms with Crippen molar-refractivity contribution in [3.63, 3.8) is 0 Å². The van der Waals surface area contributed by atoms with Gasteiger partial charge in [-0.2, -0.15) is 0 Å². The van der Waals surface area contributed by atoms with E-state index in [1.165, 1.54) is 15.9 Å². The molecule has 1 aromatic rings. The molecule has 0 bridgehead atoms. The van der Waals surface area contributed by atoms with E-state index in [9.17, 15) is 32.6 Å². The van der Waals surface area contributed by atoms with E-state index in [0.717, 1.165) is 19.3 Å². The Morgan fingerprint density at radius 1 is 1.10 bits per heavy atom. The Hall–Kier alpha value is -4.14. The third-order valence-corrected chi connectivity index (χ3v) is 12.3. The van der Waals surface area contributed by atoms with Gasteiger partial charge in [-0.25, -0.2) is 18.2 Å². The van der Waals surface area contributed by atoms with Gasteiger partial charge in [0.05, 0.1) is 22.8 Å². The van der Waals surface area contributed by atoms with Crippen LogP contribution in [-0.2, 0) is 41.9 Å². The highest BCUT2D eigenvalue weighted by molar-refractivity contribution is 7.99. The van der Waals surface area contributed by atoms with Crippen LogP contribution in [-0.4, -0.2) is 90.8 Å². The van der Waals surface area contributed by atoms with Crippen molar-refractivity contribution in [1.82, 2.24) is 30.5 Å². The molecule has 4 N–H and O–H groups in total. The van der Waals surface area contributed by atoms with Crippen LogP contribution in [0.25, 0.3) is 0 Å². The lowest BCUT2D eigenvalue weighted by Crippen LogP contribution is -2.59. The van der Waals surface area contributed by atoms with E-state index < -0.39 is 74.6 Å². The van der Waals surface area contributed by atoms with Crippen molar-refractivity contribution in [2.75, 3.05) is 6.54 Å². The highest BCUT2D eigenvalue weighted by Gasteiger charge is 2.61. The van der Waals surface area contributed by atoms with Gasteiger partial charge in [0, 0.05) is 35.2 Å². The van der Waals surface area contributed by atoms with Crippen LogP contribution in [0.15, 0.2) is 30.4 Å². The zero-order valence-corrected chi connectivity index (χ0v) is 30.3. The number of benzene rings is 1. The number of nitrogens with zero attached hydrogens (tertiary/aromatic N) is 2. The van der Waals surface area contributed by atoms with Crippen molar-refractivity contribution in [3.8, 4) is 0 Å². The molecule has 0 spiro atoms. The molecule has 13 nitrogen and oxygen atoms in total. The van der Waals surface area contributed by atoms with E-state index in [2.05, 4.69) is 26.5 Å². The molecule has 1 saturated heterocycles. The minimum atomic E-state index is -2.91. The zero-order valence-electron chi connectivity index (χ0n) is 29.5. The fourth-order valence-corrected chi connectivity index (χ4v) is 8.77. The van der Waals surface area contributed by atoms with Crippen LogP contribution < -0.4 is 20.7 Å². The van der Waals surface area contributed by atoms with Gasteiger partial charge in [0.2, 0.25) is 11.8 Å². The second-order valence-corrected chi connectivity index (χ2v) is 17.9. The molecule has 6 rings (SSSR count). The van der Waals surface area contributed by atoms with E-state index in [1.54, 1.807) is 12.1 Å². The Bertz CT molecular complexity index is 1720. The maximum Gasteiger partial charge on any atom is 0.410 e. The summed E-state index contributed by atoms with van der Waals surface area (Å²) in [5.41, 5.74) is -0.871. The average Bonchev–Trinajstić information content (AvgIpc) is 3.93. The molecule has 51 heavy (non-hydrogen) atoms. The van der Waals surface area contributed by atoms with Crippen molar-refractivity contribution >= 4 is 45.4 Å². The highest BCUT2D eigenvalue weighted by Crippen LogP contribution is 2.46. The van der Waals surface area contributed by atoms with Crippen LogP contribution in [0.2, 0.25) is 0 Å². The number of hydrogen-bond donors (Lipinski definition) is 4. The fraction of sp³-hybridized carbons (Fsp3) is 0.611. The molecule has 5 aliphatic rings. The maximum atomic E-state index is 14.4. The third-order valence-electron chi connectivity index (χ3n) is 10.2. The normalized spacial score (nSPS) is 29.9.